The van der Waals surface area contributed by atoms with E-state index in [1.807, 2.05) is 61.2 Å². The average molecular weight is 383 g/mol. The highest BCUT2D eigenvalue weighted by Crippen LogP contribution is 2.23. The predicted octanol–water partition coefficient (Wildman–Crippen LogP) is 3.18. The van der Waals surface area contributed by atoms with Gasteiger partial charge >= 0.3 is 0 Å². The molecule has 0 fully saturated rings. The number of ether oxygens (including phenoxy) is 1. The molecule has 0 spiro atoms. The molecule has 0 aromatic heterocycles. The smallest absolute Gasteiger partial charge is 0.238 e. The Hall–Kier alpha value is -2.86. The van der Waals surface area contributed by atoms with Gasteiger partial charge in [0.2, 0.25) is 11.8 Å². The molecule has 0 saturated carbocycles. The van der Waals surface area contributed by atoms with Crippen LogP contribution in [0.4, 0.5) is 5.69 Å². The summed E-state index contributed by atoms with van der Waals surface area (Å²) >= 11 is 0. The van der Waals surface area contributed by atoms with Gasteiger partial charge in [-0.1, -0.05) is 49.4 Å². The van der Waals surface area contributed by atoms with Crippen LogP contribution in [0.2, 0.25) is 0 Å². The number of benzene rings is 2. The van der Waals surface area contributed by atoms with E-state index in [1.165, 1.54) is 0 Å². The monoisotopic (exact) mass is 383 g/mol. The van der Waals surface area contributed by atoms with Crippen LogP contribution in [0.1, 0.15) is 25.5 Å². The molecule has 150 valence electrons. The van der Waals surface area contributed by atoms with E-state index in [0.717, 1.165) is 5.56 Å². The highest BCUT2D eigenvalue weighted by atomic mass is 16.5. The number of hydrogen-bond donors (Lipinski definition) is 1. The zero-order valence-electron chi connectivity index (χ0n) is 17.0. The standard InChI is InChI=1S/C22H29N3O3/c1-5-25(15-21(26)23-19-13-9-10-14-20(19)28-4)16-22(27)24(3)17(2)18-11-7-6-8-12-18/h6-14,17H,5,15-16H2,1-4H3,(H,23,26). The second-order valence-corrected chi connectivity index (χ2v) is 6.64. The molecule has 2 rings (SSSR count). The van der Waals surface area contributed by atoms with Crippen LogP contribution in [0, 0.1) is 0 Å². The lowest BCUT2D eigenvalue weighted by Gasteiger charge is -2.28. The topological polar surface area (TPSA) is 61.9 Å². The number of nitrogens with zero attached hydrogens (tertiary/aromatic N) is 2. The highest BCUT2D eigenvalue weighted by Gasteiger charge is 2.20. The Kier molecular flexibility index (Phi) is 8.02. The zero-order chi connectivity index (χ0) is 20.5. The van der Waals surface area contributed by atoms with Crippen LogP contribution in [0.25, 0.3) is 0 Å². The van der Waals surface area contributed by atoms with Crippen molar-refractivity contribution in [2.45, 2.75) is 19.9 Å². The van der Waals surface area contributed by atoms with Gasteiger partial charge in [-0.05, 0) is 31.2 Å². The number of hydrogen-bond acceptors (Lipinski definition) is 4. The Morgan fingerprint density at radius 3 is 2.32 bits per heavy atom. The van der Waals surface area contributed by atoms with Crippen LogP contribution in [0.15, 0.2) is 54.6 Å². The largest absolute Gasteiger partial charge is 0.495 e. The fourth-order valence-electron chi connectivity index (χ4n) is 2.89. The van der Waals surface area contributed by atoms with Crippen molar-refractivity contribution in [3.63, 3.8) is 0 Å². The molecule has 0 saturated heterocycles. The van der Waals surface area contributed by atoms with E-state index in [9.17, 15) is 9.59 Å². The number of anilines is 1. The van der Waals surface area contributed by atoms with Gasteiger partial charge in [0.15, 0.2) is 0 Å². The van der Waals surface area contributed by atoms with E-state index < -0.39 is 0 Å². The van der Waals surface area contributed by atoms with Crippen LogP contribution < -0.4 is 10.1 Å². The van der Waals surface area contributed by atoms with Crippen molar-refractivity contribution in [1.82, 2.24) is 9.80 Å². The summed E-state index contributed by atoms with van der Waals surface area (Å²) in [6.07, 6.45) is 0. The fourth-order valence-corrected chi connectivity index (χ4v) is 2.89. The van der Waals surface area contributed by atoms with Gasteiger partial charge in [0.1, 0.15) is 5.75 Å². The van der Waals surface area contributed by atoms with Crippen molar-refractivity contribution in [2.24, 2.45) is 0 Å². The Bertz CT molecular complexity index is 780. The van der Waals surface area contributed by atoms with Crippen molar-refractivity contribution in [3.8, 4) is 5.75 Å². The van der Waals surface area contributed by atoms with Crippen molar-refractivity contribution in [2.75, 3.05) is 39.1 Å². The van der Waals surface area contributed by atoms with E-state index >= 15 is 0 Å². The maximum Gasteiger partial charge on any atom is 0.238 e. The minimum atomic E-state index is -0.182. The third kappa shape index (κ3) is 5.82. The maximum atomic E-state index is 12.7. The normalized spacial score (nSPS) is 11.8. The molecule has 6 nitrogen and oxygen atoms in total. The molecule has 2 aromatic carbocycles. The summed E-state index contributed by atoms with van der Waals surface area (Å²) < 4.78 is 5.25. The first-order valence-corrected chi connectivity index (χ1v) is 9.42. The van der Waals surface area contributed by atoms with E-state index in [-0.39, 0.29) is 30.9 Å². The molecule has 28 heavy (non-hydrogen) atoms. The summed E-state index contributed by atoms with van der Waals surface area (Å²) in [5.74, 6) is 0.396. The van der Waals surface area contributed by atoms with Gasteiger partial charge in [0, 0.05) is 7.05 Å². The zero-order valence-corrected chi connectivity index (χ0v) is 17.0. The summed E-state index contributed by atoms with van der Waals surface area (Å²) in [7, 11) is 3.36. The van der Waals surface area contributed by atoms with Crippen LogP contribution >= 0.6 is 0 Å². The lowest BCUT2D eigenvalue weighted by Crippen LogP contribution is -2.42. The second-order valence-electron chi connectivity index (χ2n) is 6.64. The number of para-hydroxylation sites is 2. The number of amides is 2. The lowest BCUT2D eigenvalue weighted by molar-refractivity contribution is -0.133. The van der Waals surface area contributed by atoms with E-state index in [0.29, 0.717) is 18.0 Å². The van der Waals surface area contributed by atoms with Gasteiger partial charge in [-0.15, -0.1) is 0 Å². The molecule has 0 aliphatic heterocycles. The summed E-state index contributed by atoms with van der Waals surface area (Å²) in [6, 6.07) is 17.1. The summed E-state index contributed by atoms with van der Waals surface area (Å²) in [5.41, 5.74) is 1.70. The first kappa shape index (κ1) is 21.4. The molecule has 2 amide bonds. The van der Waals surface area contributed by atoms with Gasteiger partial charge in [-0.25, -0.2) is 0 Å². The van der Waals surface area contributed by atoms with Crippen LogP contribution in [-0.4, -0.2) is 55.4 Å². The lowest BCUT2D eigenvalue weighted by atomic mass is 10.1. The fraction of sp³-hybridized carbons (Fsp3) is 0.364. The number of rotatable bonds is 9. The molecular formula is C22H29N3O3. The quantitative estimate of drug-likeness (QED) is 0.722. The number of carbonyl (C=O) groups is 2. The van der Waals surface area contributed by atoms with Gasteiger partial charge in [-0.2, -0.15) is 0 Å². The Balaban J connectivity index is 1.93. The molecular weight excluding hydrogens is 354 g/mol. The molecule has 0 aliphatic rings. The third-order valence-corrected chi connectivity index (χ3v) is 4.81. The molecule has 2 aromatic rings. The number of carbonyl (C=O) groups excluding carboxylic acids is 2. The third-order valence-electron chi connectivity index (χ3n) is 4.81. The summed E-state index contributed by atoms with van der Waals surface area (Å²) in [4.78, 5) is 28.7. The number of nitrogens with one attached hydrogen (secondary N) is 1. The van der Waals surface area contributed by atoms with Crippen molar-refractivity contribution >= 4 is 17.5 Å². The first-order valence-electron chi connectivity index (χ1n) is 9.42. The Morgan fingerprint density at radius 1 is 1.04 bits per heavy atom. The maximum absolute atomic E-state index is 12.7. The van der Waals surface area contributed by atoms with Gasteiger partial charge in [0.25, 0.3) is 0 Å². The van der Waals surface area contributed by atoms with Crippen molar-refractivity contribution < 1.29 is 14.3 Å². The minimum Gasteiger partial charge on any atom is -0.495 e. The molecule has 0 heterocycles. The highest BCUT2D eigenvalue weighted by molar-refractivity contribution is 5.94. The molecule has 1 atom stereocenters. The van der Waals surface area contributed by atoms with Crippen LogP contribution in [0.3, 0.4) is 0 Å². The van der Waals surface area contributed by atoms with E-state index in [2.05, 4.69) is 5.32 Å². The molecule has 0 radical (unpaired) electrons. The van der Waals surface area contributed by atoms with Crippen molar-refractivity contribution in [3.05, 3.63) is 60.2 Å². The van der Waals surface area contributed by atoms with Gasteiger partial charge in [0.05, 0.1) is 31.9 Å². The van der Waals surface area contributed by atoms with Crippen LogP contribution in [-0.2, 0) is 9.59 Å². The summed E-state index contributed by atoms with van der Waals surface area (Å²) in [5, 5.41) is 2.85. The molecule has 1 N–H and O–H groups in total. The second kappa shape index (κ2) is 10.5. The van der Waals surface area contributed by atoms with Gasteiger partial charge < -0.3 is 15.0 Å². The molecule has 0 aliphatic carbocycles. The van der Waals surface area contributed by atoms with Crippen LogP contribution in [0.5, 0.6) is 5.75 Å². The summed E-state index contributed by atoms with van der Waals surface area (Å²) in [6.45, 7) is 4.85. The van der Waals surface area contributed by atoms with Crippen molar-refractivity contribution in [1.29, 1.82) is 0 Å². The van der Waals surface area contributed by atoms with E-state index in [4.69, 9.17) is 4.74 Å². The Morgan fingerprint density at radius 2 is 1.68 bits per heavy atom. The minimum absolute atomic E-state index is 0.0247. The number of likely N-dealkylation sites (N-methyl/N-ethyl adjacent to an activating group) is 2. The molecule has 6 heteroatoms. The first-order chi connectivity index (χ1) is 13.5. The molecule has 1 unspecified atom stereocenters. The number of methoxy groups -OCH3 is 1. The molecule has 0 bridgehead atoms. The average Bonchev–Trinajstić information content (AvgIpc) is 2.73. The Labute approximate surface area is 167 Å². The predicted molar refractivity (Wildman–Crippen MR) is 111 cm³/mol. The van der Waals surface area contributed by atoms with Gasteiger partial charge in [-0.3, -0.25) is 14.5 Å². The SMILES string of the molecule is CCN(CC(=O)Nc1ccccc1OC)CC(=O)N(C)C(C)c1ccccc1. The van der Waals surface area contributed by atoms with E-state index in [1.54, 1.807) is 31.2 Å².